The van der Waals surface area contributed by atoms with E-state index in [-0.39, 0.29) is 19.4 Å². The summed E-state index contributed by atoms with van der Waals surface area (Å²) in [5.74, 6) is -0.896. The number of phosphoric ester groups is 1. The fourth-order valence-electron chi connectivity index (χ4n) is 4.37. The van der Waals surface area contributed by atoms with Crippen molar-refractivity contribution >= 4 is 19.8 Å². The lowest BCUT2D eigenvalue weighted by atomic mass is 10.1. The highest BCUT2D eigenvalue weighted by atomic mass is 31.2. The van der Waals surface area contributed by atoms with Crippen LogP contribution in [0.15, 0.2) is 12.2 Å². The van der Waals surface area contributed by atoms with Gasteiger partial charge in [-0.05, 0) is 38.5 Å². The van der Waals surface area contributed by atoms with Crippen molar-refractivity contribution in [2.45, 2.75) is 161 Å². The first-order chi connectivity index (χ1) is 19.3. The Hall–Kier alpha value is -1.21. The quantitative estimate of drug-likeness (QED) is 0.0384. The number of esters is 2. The molecule has 8 nitrogen and oxygen atoms in total. The van der Waals surface area contributed by atoms with Gasteiger partial charge in [-0.3, -0.25) is 14.1 Å². The van der Waals surface area contributed by atoms with Crippen molar-refractivity contribution in [3.63, 3.8) is 0 Å². The van der Waals surface area contributed by atoms with Crippen LogP contribution in [-0.4, -0.2) is 41.0 Å². The highest BCUT2D eigenvalue weighted by Crippen LogP contribution is 2.35. The Morgan fingerprint density at radius 2 is 1.05 bits per heavy atom. The first-order valence-corrected chi connectivity index (χ1v) is 17.5. The molecular formula is C31H59O8P. The minimum absolute atomic E-state index is 0.213. The molecule has 0 bridgehead atoms. The summed E-state index contributed by atoms with van der Waals surface area (Å²) in [5.41, 5.74) is 0. The third-order valence-electron chi connectivity index (χ3n) is 6.78. The van der Waals surface area contributed by atoms with Gasteiger partial charge >= 0.3 is 19.8 Å². The summed E-state index contributed by atoms with van der Waals surface area (Å²) in [7, 11) is -4.73. The van der Waals surface area contributed by atoms with E-state index >= 15 is 0 Å². The van der Waals surface area contributed by atoms with Crippen LogP contribution in [0, 0.1) is 0 Å². The molecule has 0 aromatic heterocycles. The molecule has 0 unspecified atom stereocenters. The van der Waals surface area contributed by atoms with Crippen LogP contribution in [0.1, 0.15) is 155 Å². The highest BCUT2D eigenvalue weighted by molar-refractivity contribution is 7.46. The van der Waals surface area contributed by atoms with E-state index in [9.17, 15) is 14.2 Å². The van der Waals surface area contributed by atoms with E-state index in [4.69, 9.17) is 19.3 Å². The van der Waals surface area contributed by atoms with Crippen molar-refractivity contribution < 1.29 is 37.9 Å². The first-order valence-electron chi connectivity index (χ1n) is 16.0. The standard InChI is InChI=1S/C31H59O8P/c1-3-5-7-9-11-13-14-15-16-18-19-21-23-25-30(32)37-27-29(28-38-40(34,35)36)39-31(33)26-24-22-20-17-12-10-8-6-4-2/h13-14,29H,3-12,15-28H2,1-2H3,(H2,34,35,36)/b14-13+/t29-/m1/s1. The fraction of sp³-hybridized carbons (Fsp3) is 0.871. The van der Waals surface area contributed by atoms with Crippen molar-refractivity contribution in [2.75, 3.05) is 13.2 Å². The Kier molecular flexibility index (Phi) is 27.1. The van der Waals surface area contributed by atoms with Crippen LogP contribution < -0.4 is 0 Å². The van der Waals surface area contributed by atoms with Gasteiger partial charge in [-0.25, -0.2) is 4.57 Å². The number of rotatable bonds is 29. The molecule has 0 fully saturated rings. The Labute approximate surface area is 244 Å². The van der Waals surface area contributed by atoms with Gasteiger partial charge in [-0.15, -0.1) is 0 Å². The van der Waals surface area contributed by atoms with Gasteiger partial charge in [0.1, 0.15) is 6.61 Å². The van der Waals surface area contributed by atoms with Crippen LogP contribution in [-0.2, 0) is 28.2 Å². The SMILES string of the molecule is CCCCCC/C=C/CCCCCCCC(=O)OC[C@H](COP(=O)(O)O)OC(=O)CCCCCCCCCCC. The van der Waals surface area contributed by atoms with Crippen LogP contribution in [0.4, 0.5) is 0 Å². The van der Waals surface area contributed by atoms with Crippen LogP contribution >= 0.6 is 7.82 Å². The predicted molar refractivity (Wildman–Crippen MR) is 161 cm³/mol. The molecular weight excluding hydrogens is 531 g/mol. The summed E-state index contributed by atoms with van der Waals surface area (Å²) in [6.45, 7) is 3.61. The van der Waals surface area contributed by atoms with E-state index in [2.05, 4.69) is 30.5 Å². The zero-order chi connectivity index (χ0) is 29.7. The van der Waals surface area contributed by atoms with Crippen molar-refractivity contribution in [3.8, 4) is 0 Å². The zero-order valence-corrected chi connectivity index (χ0v) is 26.4. The van der Waals surface area contributed by atoms with Crippen LogP contribution in [0.3, 0.4) is 0 Å². The molecule has 236 valence electrons. The number of carbonyl (C=O) groups is 2. The number of carbonyl (C=O) groups excluding carboxylic acids is 2. The number of hydrogen-bond acceptors (Lipinski definition) is 6. The molecule has 0 aliphatic carbocycles. The summed E-state index contributed by atoms with van der Waals surface area (Å²) in [6.07, 6.45) is 26.6. The van der Waals surface area contributed by atoms with Crippen LogP contribution in [0.2, 0.25) is 0 Å². The van der Waals surface area contributed by atoms with E-state index in [1.807, 2.05) is 0 Å². The smallest absolute Gasteiger partial charge is 0.462 e. The van der Waals surface area contributed by atoms with Gasteiger partial charge in [0.2, 0.25) is 0 Å². The Morgan fingerprint density at radius 1 is 0.625 bits per heavy atom. The summed E-state index contributed by atoms with van der Waals surface area (Å²) >= 11 is 0. The van der Waals surface area contributed by atoms with E-state index in [1.54, 1.807) is 0 Å². The van der Waals surface area contributed by atoms with Crippen molar-refractivity contribution in [1.82, 2.24) is 0 Å². The third kappa shape index (κ3) is 29.8. The number of unbranched alkanes of at least 4 members (excludes halogenated alkanes) is 17. The van der Waals surface area contributed by atoms with Gasteiger partial charge in [0.25, 0.3) is 0 Å². The largest absolute Gasteiger partial charge is 0.469 e. The lowest BCUT2D eigenvalue weighted by Gasteiger charge is -2.18. The van der Waals surface area contributed by atoms with Crippen LogP contribution in [0.25, 0.3) is 0 Å². The number of hydrogen-bond donors (Lipinski definition) is 2. The van der Waals surface area contributed by atoms with E-state index in [0.29, 0.717) is 12.8 Å². The van der Waals surface area contributed by atoms with Gasteiger partial charge in [-0.1, -0.05) is 116 Å². The lowest BCUT2D eigenvalue weighted by molar-refractivity contribution is -0.161. The average molecular weight is 591 g/mol. The maximum atomic E-state index is 12.2. The molecule has 0 heterocycles. The monoisotopic (exact) mass is 590 g/mol. The average Bonchev–Trinajstić information content (AvgIpc) is 2.91. The molecule has 0 aliphatic rings. The molecule has 9 heteroatoms. The molecule has 0 aromatic carbocycles. The maximum absolute atomic E-state index is 12.2. The van der Waals surface area contributed by atoms with Crippen molar-refractivity contribution in [2.24, 2.45) is 0 Å². The first kappa shape index (κ1) is 38.8. The Balaban J connectivity index is 4.03. The Morgan fingerprint density at radius 3 is 1.55 bits per heavy atom. The van der Waals surface area contributed by atoms with Gasteiger partial charge in [-0.2, -0.15) is 0 Å². The van der Waals surface area contributed by atoms with E-state index in [1.165, 1.54) is 64.2 Å². The minimum atomic E-state index is -4.73. The summed E-state index contributed by atoms with van der Waals surface area (Å²) in [4.78, 5) is 42.3. The summed E-state index contributed by atoms with van der Waals surface area (Å²) in [6, 6.07) is 0. The molecule has 40 heavy (non-hydrogen) atoms. The van der Waals surface area contributed by atoms with Crippen LogP contribution in [0.5, 0.6) is 0 Å². The zero-order valence-electron chi connectivity index (χ0n) is 25.5. The third-order valence-corrected chi connectivity index (χ3v) is 7.27. The second-order valence-corrected chi connectivity index (χ2v) is 12.0. The second kappa shape index (κ2) is 27.9. The molecule has 0 saturated carbocycles. The maximum Gasteiger partial charge on any atom is 0.469 e. The topological polar surface area (TPSA) is 119 Å². The van der Waals surface area contributed by atoms with E-state index < -0.39 is 32.5 Å². The van der Waals surface area contributed by atoms with Crippen molar-refractivity contribution in [3.05, 3.63) is 12.2 Å². The van der Waals surface area contributed by atoms with Gasteiger partial charge in [0.15, 0.2) is 6.10 Å². The van der Waals surface area contributed by atoms with Gasteiger partial charge in [0.05, 0.1) is 6.61 Å². The number of allylic oxidation sites excluding steroid dienone is 2. The number of phosphoric acid groups is 1. The molecule has 0 saturated heterocycles. The molecule has 0 rings (SSSR count). The minimum Gasteiger partial charge on any atom is -0.462 e. The lowest BCUT2D eigenvalue weighted by Crippen LogP contribution is -2.29. The second-order valence-electron chi connectivity index (χ2n) is 10.8. The molecule has 1 atom stereocenters. The van der Waals surface area contributed by atoms with Crippen molar-refractivity contribution in [1.29, 1.82) is 0 Å². The van der Waals surface area contributed by atoms with Gasteiger partial charge < -0.3 is 19.3 Å². The molecule has 0 spiro atoms. The predicted octanol–water partition coefficient (Wildman–Crippen LogP) is 8.73. The molecule has 0 amide bonds. The highest BCUT2D eigenvalue weighted by Gasteiger charge is 2.22. The summed E-state index contributed by atoms with van der Waals surface area (Å²) in [5, 5.41) is 0. The normalized spacial score (nSPS) is 12.6. The molecule has 0 aromatic rings. The molecule has 0 radical (unpaired) electrons. The fourth-order valence-corrected chi connectivity index (χ4v) is 4.73. The Bertz CT molecular complexity index is 676. The summed E-state index contributed by atoms with van der Waals surface area (Å²) < 4.78 is 26.1. The van der Waals surface area contributed by atoms with E-state index in [0.717, 1.165) is 51.4 Å². The number of ether oxygens (including phenoxy) is 2. The molecule has 2 N–H and O–H groups in total. The molecule has 0 aliphatic heterocycles. The van der Waals surface area contributed by atoms with Gasteiger partial charge in [0, 0.05) is 12.8 Å².